The van der Waals surface area contributed by atoms with Crippen molar-refractivity contribution in [1.29, 1.82) is 0 Å². The molecule has 182 valence electrons. The summed E-state index contributed by atoms with van der Waals surface area (Å²) in [5, 5.41) is 13.5. The lowest BCUT2D eigenvalue weighted by Crippen LogP contribution is -2.67. The van der Waals surface area contributed by atoms with Crippen molar-refractivity contribution in [3.8, 4) is 0 Å². The zero-order valence-corrected chi connectivity index (χ0v) is 22.3. The minimum Gasteiger partial charge on any atom is -0.407 e. The molecule has 4 heteroatoms. The summed E-state index contributed by atoms with van der Waals surface area (Å²) < 4.78 is 12.9. The molecule has 0 heterocycles. The van der Waals surface area contributed by atoms with Gasteiger partial charge in [0.25, 0.3) is 8.32 Å². The number of ether oxygens (including phenoxy) is 1. The molecule has 3 aromatic carbocycles. The van der Waals surface area contributed by atoms with E-state index in [1.165, 1.54) is 10.4 Å². The van der Waals surface area contributed by atoms with Gasteiger partial charge in [0.1, 0.15) is 0 Å². The van der Waals surface area contributed by atoms with Gasteiger partial charge in [-0.15, -0.1) is 0 Å². The smallest absolute Gasteiger partial charge is 0.261 e. The lowest BCUT2D eigenvalue weighted by molar-refractivity contribution is -0.00726. The van der Waals surface area contributed by atoms with Crippen molar-refractivity contribution in [3.63, 3.8) is 0 Å². The fourth-order valence-electron chi connectivity index (χ4n) is 4.71. The van der Waals surface area contributed by atoms with Gasteiger partial charge in [-0.2, -0.15) is 0 Å². The largest absolute Gasteiger partial charge is 0.407 e. The predicted molar refractivity (Wildman–Crippen MR) is 144 cm³/mol. The molecule has 0 bridgehead atoms. The Kier molecular flexibility index (Phi) is 9.26. The molecule has 0 amide bonds. The SMILES string of the molecule is C[C@H](CO[Si](c1ccccc1)(c1ccccc1)C(C)(C)C)[C@H](O)[C@@H](C)COCc1ccccc1. The average Bonchev–Trinajstić information content (AvgIpc) is 2.85. The van der Waals surface area contributed by atoms with Crippen LogP contribution in [0.3, 0.4) is 0 Å². The molecule has 3 aromatic rings. The molecule has 3 rings (SSSR count). The van der Waals surface area contributed by atoms with E-state index in [1.807, 2.05) is 18.2 Å². The third kappa shape index (κ3) is 6.25. The van der Waals surface area contributed by atoms with Crippen LogP contribution in [0.1, 0.15) is 40.2 Å². The molecular formula is C30H40O3Si. The molecule has 0 saturated heterocycles. The van der Waals surface area contributed by atoms with Crippen molar-refractivity contribution in [3.05, 3.63) is 96.6 Å². The maximum absolute atomic E-state index is 11.1. The first kappa shape index (κ1) is 26.4. The van der Waals surface area contributed by atoms with Gasteiger partial charge in [0.15, 0.2) is 0 Å². The van der Waals surface area contributed by atoms with Gasteiger partial charge in [-0.05, 0) is 21.0 Å². The number of hydrogen-bond acceptors (Lipinski definition) is 3. The van der Waals surface area contributed by atoms with Crippen LogP contribution in [0.2, 0.25) is 5.04 Å². The van der Waals surface area contributed by atoms with Crippen molar-refractivity contribution < 1.29 is 14.3 Å². The van der Waals surface area contributed by atoms with Crippen molar-refractivity contribution >= 4 is 18.7 Å². The molecular weight excluding hydrogens is 436 g/mol. The molecule has 34 heavy (non-hydrogen) atoms. The highest BCUT2D eigenvalue weighted by molar-refractivity contribution is 6.99. The molecule has 0 radical (unpaired) electrons. The van der Waals surface area contributed by atoms with Gasteiger partial charge in [0.2, 0.25) is 0 Å². The van der Waals surface area contributed by atoms with E-state index in [2.05, 4.69) is 107 Å². The highest BCUT2D eigenvalue weighted by Gasteiger charge is 2.50. The maximum Gasteiger partial charge on any atom is 0.261 e. The third-order valence-corrected chi connectivity index (χ3v) is 11.6. The van der Waals surface area contributed by atoms with Crippen LogP contribution in [0, 0.1) is 11.8 Å². The molecule has 1 N–H and O–H groups in total. The molecule has 0 aliphatic carbocycles. The highest BCUT2D eigenvalue weighted by Crippen LogP contribution is 2.37. The summed E-state index contributed by atoms with van der Waals surface area (Å²) in [6, 6.07) is 31.4. The van der Waals surface area contributed by atoms with Crippen LogP contribution in [0.4, 0.5) is 0 Å². The molecule has 0 spiro atoms. The monoisotopic (exact) mass is 476 g/mol. The molecule has 0 aliphatic rings. The van der Waals surface area contributed by atoms with Crippen LogP contribution in [-0.2, 0) is 15.8 Å². The number of aliphatic hydroxyl groups excluding tert-OH is 1. The number of aliphatic hydroxyl groups is 1. The van der Waals surface area contributed by atoms with Gasteiger partial charge in [0.05, 0.1) is 19.3 Å². The fourth-order valence-corrected chi connectivity index (χ4v) is 9.38. The van der Waals surface area contributed by atoms with Gasteiger partial charge in [-0.25, -0.2) is 0 Å². The minimum atomic E-state index is -2.60. The highest BCUT2D eigenvalue weighted by atomic mass is 28.4. The van der Waals surface area contributed by atoms with Crippen LogP contribution in [-0.4, -0.2) is 32.7 Å². The Hall–Kier alpha value is -2.24. The van der Waals surface area contributed by atoms with Crippen molar-refractivity contribution in [2.75, 3.05) is 13.2 Å². The Bertz CT molecular complexity index is 931. The summed E-state index contributed by atoms with van der Waals surface area (Å²) in [6.45, 7) is 12.5. The maximum atomic E-state index is 11.1. The number of rotatable bonds is 11. The third-order valence-electron chi connectivity index (χ3n) is 6.64. The van der Waals surface area contributed by atoms with Crippen LogP contribution in [0.15, 0.2) is 91.0 Å². The Balaban J connectivity index is 1.73. The second-order valence-electron chi connectivity index (χ2n) is 10.4. The lowest BCUT2D eigenvalue weighted by atomic mass is 9.95. The van der Waals surface area contributed by atoms with E-state index in [0.717, 1.165) is 5.56 Å². The Morgan fingerprint density at radius 1 is 0.706 bits per heavy atom. The molecule has 0 unspecified atom stereocenters. The van der Waals surface area contributed by atoms with E-state index in [0.29, 0.717) is 19.8 Å². The van der Waals surface area contributed by atoms with Gasteiger partial charge >= 0.3 is 0 Å². The normalized spacial score (nSPS) is 15.0. The van der Waals surface area contributed by atoms with Crippen LogP contribution >= 0.6 is 0 Å². The summed E-state index contributed by atoms with van der Waals surface area (Å²) in [5.74, 6) is -0.00144. The first-order valence-corrected chi connectivity index (χ1v) is 14.2. The second kappa shape index (κ2) is 11.9. The van der Waals surface area contributed by atoms with Gasteiger partial charge < -0.3 is 14.3 Å². The summed E-state index contributed by atoms with van der Waals surface area (Å²) in [7, 11) is -2.60. The zero-order valence-electron chi connectivity index (χ0n) is 21.3. The molecule has 0 aliphatic heterocycles. The zero-order chi connectivity index (χ0) is 24.6. The second-order valence-corrected chi connectivity index (χ2v) is 14.7. The summed E-state index contributed by atoms with van der Waals surface area (Å²) in [6.07, 6.45) is -0.506. The molecule has 3 atom stereocenters. The Morgan fingerprint density at radius 2 is 1.15 bits per heavy atom. The lowest BCUT2D eigenvalue weighted by Gasteiger charge is -2.44. The van der Waals surface area contributed by atoms with Crippen molar-refractivity contribution in [1.82, 2.24) is 0 Å². The standard InChI is InChI=1S/C30H40O3Si/c1-24(21-32-23-26-15-9-6-10-16-26)29(31)25(2)22-33-34(30(3,4)5,27-17-11-7-12-18-27)28-19-13-8-14-20-28/h6-20,24-25,29,31H,21-23H2,1-5H3/t24-,25+,29+/m0/s1. The van der Waals surface area contributed by atoms with Gasteiger partial charge in [-0.1, -0.05) is 126 Å². The quantitative estimate of drug-likeness (QED) is 0.376. The van der Waals surface area contributed by atoms with Gasteiger partial charge in [-0.3, -0.25) is 0 Å². The van der Waals surface area contributed by atoms with Crippen LogP contribution < -0.4 is 10.4 Å². The van der Waals surface area contributed by atoms with E-state index in [-0.39, 0.29) is 16.9 Å². The first-order chi connectivity index (χ1) is 16.3. The van der Waals surface area contributed by atoms with E-state index in [9.17, 15) is 5.11 Å². The molecule has 3 nitrogen and oxygen atoms in total. The van der Waals surface area contributed by atoms with E-state index < -0.39 is 14.4 Å². The van der Waals surface area contributed by atoms with Crippen LogP contribution in [0.5, 0.6) is 0 Å². The molecule has 0 aromatic heterocycles. The van der Waals surface area contributed by atoms with Crippen LogP contribution in [0.25, 0.3) is 0 Å². The first-order valence-electron chi connectivity index (χ1n) is 12.3. The number of hydrogen-bond donors (Lipinski definition) is 1. The van der Waals surface area contributed by atoms with Crippen molar-refractivity contribution in [2.45, 2.75) is 52.4 Å². The predicted octanol–water partition coefficient (Wildman–Crippen LogP) is 5.41. The topological polar surface area (TPSA) is 38.7 Å². The van der Waals surface area contributed by atoms with E-state index in [1.54, 1.807) is 0 Å². The van der Waals surface area contributed by atoms with Gasteiger partial charge in [0, 0.05) is 18.4 Å². The van der Waals surface area contributed by atoms with E-state index >= 15 is 0 Å². The van der Waals surface area contributed by atoms with Crippen molar-refractivity contribution in [2.24, 2.45) is 11.8 Å². The average molecular weight is 477 g/mol. The summed E-state index contributed by atoms with van der Waals surface area (Å²) in [5.41, 5.74) is 1.15. The Labute approximate surface area is 206 Å². The Morgan fingerprint density at radius 3 is 1.62 bits per heavy atom. The molecule has 0 saturated carbocycles. The molecule has 0 fully saturated rings. The summed E-state index contributed by atoms with van der Waals surface area (Å²) in [4.78, 5) is 0. The summed E-state index contributed by atoms with van der Waals surface area (Å²) >= 11 is 0. The van der Waals surface area contributed by atoms with E-state index in [4.69, 9.17) is 9.16 Å². The fraction of sp³-hybridized carbons (Fsp3) is 0.400. The number of benzene rings is 3. The minimum absolute atomic E-state index is 0.0152.